The molecular weight excluding hydrogens is 390 g/mol. The third-order valence-electron chi connectivity index (χ3n) is 6.19. The van der Waals surface area contributed by atoms with Crippen LogP contribution in [0, 0.1) is 5.92 Å². The Labute approximate surface area is 180 Å². The Morgan fingerprint density at radius 2 is 2.00 bits per heavy atom. The predicted molar refractivity (Wildman–Crippen MR) is 121 cm³/mol. The molecule has 7 nitrogen and oxygen atoms in total. The number of morpholine rings is 1. The number of hydrogen-bond donors (Lipinski definition) is 2. The molecule has 3 aromatic rings. The van der Waals surface area contributed by atoms with Crippen LogP contribution in [0.25, 0.3) is 10.8 Å². The highest BCUT2D eigenvalue weighted by molar-refractivity contribution is 5.99. The molecule has 3 N–H and O–H groups in total. The number of hydrazone groups is 1. The Hall–Kier alpha value is -3.29. The largest absolute Gasteiger partial charge is 0.378 e. The van der Waals surface area contributed by atoms with Gasteiger partial charge in [-0.1, -0.05) is 30.3 Å². The molecule has 2 aromatic carbocycles. The molecule has 158 valence electrons. The molecule has 31 heavy (non-hydrogen) atoms. The summed E-state index contributed by atoms with van der Waals surface area (Å²) in [7, 11) is 0. The first-order valence-electron chi connectivity index (χ1n) is 10.5. The van der Waals surface area contributed by atoms with Gasteiger partial charge in [-0.15, -0.1) is 0 Å². The second kappa shape index (κ2) is 8.09. The molecule has 1 saturated carbocycles. The highest BCUT2D eigenvalue weighted by Crippen LogP contribution is 2.49. The number of hydrogen-bond acceptors (Lipinski definition) is 6. The summed E-state index contributed by atoms with van der Waals surface area (Å²) in [4.78, 5) is 19.1. The van der Waals surface area contributed by atoms with Crippen LogP contribution in [0.5, 0.6) is 0 Å². The maximum atomic E-state index is 12.6. The molecule has 2 unspecified atom stereocenters. The van der Waals surface area contributed by atoms with Crippen molar-refractivity contribution in [2.75, 3.05) is 31.2 Å². The fourth-order valence-electron chi connectivity index (χ4n) is 4.23. The molecule has 1 amide bonds. The summed E-state index contributed by atoms with van der Waals surface area (Å²) < 4.78 is 5.41. The summed E-state index contributed by atoms with van der Waals surface area (Å²) in [5, 5.41) is 6.24. The van der Waals surface area contributed by atoms with Gasteiger partial charge in [0.2, 0.25) is 5.91 Å². The van der Waals surface area contributed by atoms with E-state index in [9.17, 15) is 4.79 Å². The van der Waals surface area contributed by atoms with Crippen molar-refractivity contribution in [1.29, 1.82) is 0 Å². The van der Waals surface area contributed by atoms with Crippen LogP contribution in [-0.4, -0.2) is 43.4 Å². The van der Waals surface area contributed by atoms with Gasteiger partial charge < -0.3 is 15.4 Å². The zero-order chi connectivity index (χ0) is 21.3. The number of aromatic nitrogens is 1. The van der Waals surface area contributed by atoms with Gasteiger partial charge in [-0.2, -0.15) is 5.10 Å². The van der Waals surface area contributed by atoms with Crippen LogP contribution in [0.2, 0.25) is 0 Å². The van der Waals surface area contributed by atoms with E-state index in [-0.39, 0.29) is 11.8 Å². The van der Waals surface area contributed by atoms with E-state index in [1.807, 2.05) is 42.6 Å². The lowest BCUT2D eigenvalue weighted by Crippen LogP contribution is -2.36. The Morgan fingerprint density at radius 1 is 1.19 bits per heavy atom. The molecule has 1 aliphatic heterocycles. The number of nitrogens with one attached hydrogen (secondary N) is 1. The smallest absolute Gasteiger partial charge is 0.245 e. The van der Waals surface area contributed by atoms with Gasteiger partial charge in [0, 0.05) is 42.1 Å². The zero-order valence-corrected chi connectivity index (χ0v) is 17.2. The van der Waals surface area contributed by atoms with Crippen LogP contribution in [0.3, 0.4) is 0 Å². The fourth-order valence-corrected chi connectivity index (χ4v) is 4.23. The van der Waals surface area contributed by atoms with Gasteiger partial charge >= 0.3 is 0 Å². The highest BCUT2D eigenvalue weighted by atomic mass is 16.5. The monoisotopic (exact) mass is 415 g/mol. The number of ether oxygens (including phenoxy) is 1. The van der Waals surface area contributed by atoms with Crippen LogP contribution in [0.4, 0.5) is 5.69 Å². The van der Waals surface area contributed by atoms with Gasteiger partial charge in [0.05, 0.1) is 30.9 Å². The van der Waals surface area contributed by atoms with Crippen molar-refractivity contribution in [1.82, 2.24) is 10.4 Å². The van der Waals surface area contributed by atoms with Gasteiger partial charge in [-0.25, -0.2) is 5.43 Å². The number of benzene rings is 2. The number of anilines is 1. The number of nitrogens with two attached hydrogens (primary N) is 1. The molecule has 5 rings (SSSR count). The Morgan fingerprint density at radius 3 is 2.81 bits per heavy atom. The summed E-state index contributed by atoms with van der Waals surface area (Å²) in [5.74, 6) is -0.437. The molecular formula is C24H25N5O2. The number of rotatable bonds is 5. The van der Waals surface area contributed by atoms with Gasteiger partial charge in [0.1, 0.15) is 0 Å². The topological polar surface area (TPSA) is 92.8 Å². The number of amides is 1. The molecule has 1 saturated heterocycles. The molecule has 7 heteroatoms. The second-order valence-corrected chi connectivity index (χ2v) is 8.12. The minimum Gasteiger partial charge on any atom is -0.378 e. The van der Waals surface area contributed by atoms with Crippen LogP contribution in [0.15, 0.2) is 66.0 Å². The molecule has 2 atom stereocenters. The highest BCUT2D eigenvalue weighted by Gasteiger charge is 2.56. The van der Waals surface area contributed by atoms with Crippen molar-refractivity contribution in [3.63, 3.8) is 0 Å². The van der Waals surface area contributed by atoms with Crippen molar-refractivity contribution in [3.05, 3.63) is 72.1 Å². The standard InChI is InChI=1S/C24H25N5O2/c25-24(19-4-6-20(7-5-19)29-10-12-31-13-11-29)14-22(24)23(30)28-27-16-18-3-1-2-17-15-26-9-8-21(17)18/h1-9,15-16,22H,10-14,25H2,(H,28,30)/b27-16+. The Kier molecular flexibility index (Phi) is 5.13. The lowest BCUT2D eigenvalue weighted by molar-refractivity contribution is -0.122. The van der Waals surface area contributed by atoms with E-state index < -0.39 is 5.54 Å². The maximum Gasteiger partial charge on any atom is 0.245 e. The minimum atomic E-state index is -0.631. The summed E-state index contributed by atoms with van der Waals surface area (Å²) in [6, 6.07) is 16.1. The first-order valence-corrected chi connectivity index (χ1v) is 10.5. The molecule has 1 aromatic heterocycles. The van der Waals surface area contributed by atoms with E-state index in [2.05, 4.69) is 32.5 Å². The van der Waals surface area contributed by atoms with Crippen LogP contribution < -0.4 is 16.1 Å². The van der Waals surface area contributed by atoms with Gasteiger partial charge in [-0.3, -0.25) is 9.78 Å². The van der Waals surface area contributed by atoms with E-state index in [4.69, 9.17) is 10.5 Å². The lowest BCUT2D eigenvalue weighted by atomic mass is 10.0. The van der Waals surface area contributed by atoms with Crippen LogP contribution in [-0.2, 0) is 15.1 Å². The lowest BCUT2D eigenvalue weighted by Gasteiger charge is -2.29. The molecule has 2 heterocycles. The number of fused-ring (bicyclic) bond motifs is 1. The van der Waals surface area contributed by atoms with Crippen molar-refractivity contribution in [2.45, 2.75) is 12.0 Å². The second-order valence-electron chi connectivity index (χ2n) is 8.12. The summed E-state index contributed by atoms with van der Waals surface area (Å²) in [6.07, 6.45) is 5.83. The predicted octanol–water partition coefficient (Wildman–Crippen LogP) is 2.40. The number of pyridine rings is 1. The number of carbonyl (C=O) groups excluding carboxylic acids is 1. The van der Waals surface area contributed by atoms with Gasteiger partial charge in [0.15, 0.2) is 0 Å². The Balaban J connectivity index is 1.22. The number of carbonyl (C=O) groups is 1. The molecule has 0 radical (unpaired) electrons. The van der Waals surface area contributed by atoms with Gasteiger partial charge in [-0.05, 0) is 35.6 Å². The molecule has 2 aliphatic rings. The average Bonchev–Trinajstić information content (AvgIpc) is 3.53. The molecule has 1 aliphatic carbocycles. The van der Waals surface area contributed by atoms with Crippen LogP contribution >= 0.6 is 0 Å². The quantitative estimate of drug-likeness (QED) is 0.493. The summed E-state index contributed by atoms with van der Waals surface area (Å²) in [5.41, 5.74) is 11.6. The van der Waals surface area contributed by atoms with E-state index in [0.29, 0.717) is 6.42 Å². The van der Waals surface area contributed by atoms with Crippen molar-refractivity contribution in [3.8, 4) is 0 Å². The maximum absolute atomic E-state index is 12.6. The number of nitrogens with zero attached hydrogens (tertiary/aromatic N) is 3. The van der Waals surface area contributed by atoms with E-state index in [0.717, 1.165) is 53.9 Å². The zero-order valence-electron chi connectivity index (χ0n) is 17.2. The first-order chi connectivity index (χ1) is 15.1. The van der Waals surface area contributed by atoms with Crippen molar-refractivity contribution < 1.29 is 9.53 Å². The van der Waals surface area contributed by atoms with E-state index in [1.165, 1.54) is 0 Å². The Bertz CT molecular complexity index is 1120. The SMILES string of the molecule is NC1(c2ccc(N3CCOCC3)cc2)CC1C(=O)N/N=C/c1cccc2cnccc12. The summed E-state index contributed by atoms with van der Waals surface area (Å²) in [6.45, 7) is 3.29. The van der Waals surface area contributed by atoms with Gasteiger partial charge in [0.25, 0.3) is 0 Å². The van der Waals surface area contributed by atoms with Crippen LogP contribution in [0.1, 0.15) is 17.5 Å². The molecule has 0 bridgehead atoms. The van der Waals surface area contributed by atoms with E-state index in [1.54, 1.807) is 12.4 Å². The average molecular weight is 415 g/mol. The molecule has 2 fully saturated rings. The third kappa shape index (κ3) is 3.89. The normalized spacial score (nSPS) is 23.3. The minimum absolute atomic E-state index is 0.155. The molecule has 0 spiro atoms. The first kappa shape index (κ1) is 19.7. The third-order valence-corrected chi connectivity index (χ3v) is 6.19. The fraction of sp³-hybridized carbons (Fsp3) is 0.292. The van der Waals surface area contributed by atoms with E-state index >= 15 is 0 Å². The van der Waals surface area contributed by atoms with Crippen molar-refractivity contribution >= 4 is 28.6 Å². The van der Waals surface area contributed by atoms with Crippen molar-refractivity contribution in [2.24, 2.45) is 16.8 Å². The summed E-state index contributed by atoms with van der Waals surface area (Å²) >= 11 is 0.